The fourth-order valence-electron chi connectivity index (χ4n) is 9.21. The van der Waals surface area contributed by atoms with Crippen LogP contribution in [0, 0.1) is 17.2 Å². The minimum Gasteiger partial charge on any atom is -0.378 e. The number of anilines is 2. The molecule has 1 saturated carbocycles. The predicted octanol–water partition coefficient (Wildman–Crippen LogP) is 6.58. The first-order valence-corrected chi connectivity index (χ1v) is 20.0. The SMILES string of the molecule is CC1CC(CCOC2CCC(N3C(S)N(c4ccc(C#N)c(C(F)(F)F)c4)C(=O)C3(C)C)CC2)CC(C)N1CC(=O)Nc1ccc(C2CCC(=O)NC2=O)cc1. The van der Waals surface area contributed by atoms with E-state index in [2.05, 4.69) is 29.4 Å². The molecule has 4 amide bonds. The number of piperidine rings is 2. The lowest BCUT2D eigenvalue weighted by Gasteiger charge is -2.43. The van der Waals surface area contributed by atoms with Crippen molar-refractivity contribution in [1.82, 2.24) is 15.1 Å². The highest BCUT2D eigenvalue weighted by atomic mass is 32.1. The summed E-state index contributed by atoms with van der Waals surface area (Å²) in [5, 5.41) is 14.6. The molecule has 4 unspecified atom stereocenters. The van der Waals surface area contributed by atoms with Gasteiger partial charge in [0.1, 0.15) is 5.50 Å². The quantitative estimate of drug-likeness (QED) is 0.181. The highest BCUT2D eigenvalue weighted by Crippen LogP contribution is 2.43. The summed E-state index contributed by atoms with van der Waals surface area (Å²) in [4.78, 5) is 55.9. The van der Waals surface area contributed by atoms with Crippen molar-refractivity contribution in [3.8, 4) is 6.07 Å². The van der Waals surface area contributed by atoms with Gasteiger partial charge in [0.25, 0.3) is 0 Å². The molecule has 302 valence electrons. The summed E-state index contributed by atoms with van der Waals surface area (Å²) in [5.74, 6) is -0.896. The number of likely N-dealkylation sites (tertiary alicyclic amines) is 1. The minimum atomic E-state index is -4.74. The molecular weight excluding hydrogens is 746 g/mol. The van der Waals surface area contributed by atoms with Gasteiger partial charge in [-0.25, -0.2) is 0 Å². The van der Waals surface area contributed by atoms with Gasteiger partial charge in [-0.1, -0.05) is 12.1 Å². The molecule has 0 bridgehead atoms. The van der Waals surface area contributed by atoms with Gasteiger partial charge in [0.15, 0.2) is 0 Å². The van der Waals surface area contributed by atoms with Crippen LogP contribution in [0.2, 0.25) is 0 Å². The van der Waals surface area contributed by atoms with E-state index in [-0.39, 0.29) is 66.0 Å². The predicted molar refractivity (Wildman–Crippen MR) is 208 cm³/mol. The van der Waals surface area contributed by atoms with Crippen LogP contribution < -0.4 is 15.5 Å². The molecule has 4 atom stereocenters. The fraction of sp³-hybridized carbons (Fsp3) is 0.585. The van der Waals surface area contributed by atoms with Gasteiger partial charge in [0, 0.05) is 42.5 Å². The van der Waals surface area contributed by atoms with Crippen molar-refractivity contribution in [2.75, 3.05) is 23.4 Å². The standard InChI is InChI=1S/C41H51F3N6O5S/c1-24-19-26(20-25(2)48(24)23-36(52)46-29-8-5-27(6-9-29)33-15-16-35(51)47-37(33)53)17-18-55-32-13-11-30(12-14-32)50-39(56)49(38(54)40(50,3)4)31-10-7-28(22-45)34(21-31)41(42,43)44/h5-10,21,24-26,30,32-33,39,56H,11-20,23H2,1-4H3,(H,46,52)(H,47,51,53). The average Bonchev–Trinajstić information content (AvgIpc) is 3.32. The Morgan fingerprint density at radius 1 is 1.02 bits per heavy atom. The number of nitrogens with one attached hydrogen (secondary N) is 2. The summed E-state index contributed by atoms with van der Waals surface area (Å²) in [7, 11) is 0. The number of nitrogens with zero attached hydrogens (tertiary/aromatic N) is 4. The number of amides is 4. The number of hydrogen-bond acceptors (Lipinski definition) is 9. The smallest absolute Gasteiger partial charge is 0.378 e. The molecule has 3 saturated heterocycles. The monoisotopic (exact) mass is 796 g/mol. The topological polar surface area (TPSA) is 135 Å². The van der Waals surface area contributed by atoms with E-state index in [1.54, 1.807) is 32.0 Å². The van der Waals surface area contributed by atoms with Gasteiger partial charge < -0.3 is 10.1 Å². The Morgan fingerprint density at radius 2 is 1.68 bits per heavy atom. The van der Waals surface area contributed by atoms with Crippen LogP contribution in [-0.2, 0) is 30.1 Å². The molecule has 4 fully saturated rings. The Bertz CT molecular complexity index is 1830. The number of carbonyl (C=O) groups is 4. The van der Waals surface area contributed by atoms with Crippen LogP contribution in [0.4, 0.5) is 24.5 Å². The first kappa shape index (κ1) is 41.7. The number of rotatable bonds is 10. The first-order valence-electron chi connectivity index (χ1n) is 19.5. The summed E-state index contributed by atoms with van der Waals surface area (Å²) >= 11 is 4.76. The Hall–Kier alpha value is -3.97. The van der Waals surface area contributed by atoms with Gasteiger partial charge in [-0.3, -0.25) is 39.2 Å². The summed E-state index contributed by atoms with van der Waals surface area (Å²) in [6.45, 7) is 8.77. The fourth-order valence-corrected chi connectivity index (χ4v) is 9.93. The zero-order chi connectivity index (χ0) is 40.5. The summed E-state index contributed by atoms with van der Waals surface area (Å²) < 4.78 is 47.6. The van der Waals surface area contributed by atoms with Gasteiger partial charge in [-0.15, -0.1) is 12.6 Å². The van der Waals surface area contributed by atoms with Crippen LogP contribution in [0.1, 0.15) is 108 Å². The Morgan fingerprint density at radius 3 is 2.29 bits per heavy atom. The number of imide groups is 1. The molecule has 3 aliphatic heterocycles. The van der Waals surface area contributed by atoms with Crippen molar-refractivity contribution < 1.29 is 37.1 Å². The molecule has 3 heterocycles. The lowest BCUT2D eigenvalue weighted by Crippen LogP contribution is -2.52. The molecule has 4 aliphatic rings. The number of benzene rings is 2. The second-order valence-corrected chi connectivity index (χ2v) is 16.8. The van der Waals surface area contributed by atoms with Crippen molar-refractivity contribution in [2.24, 2.45) is 5.92 Å². The molecule has 0 aromatic heterocycles. The second kappa shape index (κ2) is 16.9. The van der Waals surface area contributed by atoms with E-state index in [0.29, 0.717) is 31.1 Å². The number of carbonyl (C=O) groups excluding carboxylic acids is 4. The van der Waals surface area contributed by atoms with Crippen LogP contribution in [0.5, 0.6) is 0 Å². The van der Waals surface area contributed by atoms with Crippen LogP contribution >= 0.6 is 12.6 Å². The third-order valence-corrected chi connectivity index (χ3v) is 12.6. The van der Waals surface area contributed by atoms with E-state index in [1.165, 1.54) is 11.0 Å². The molecular formula is C41H51F3N6O5S. The molecule has 0 spiro atoms. The number of ether oxygens (including phenoxy) is 1. The average molecular weight is 797 g/mol. The van der Waals surface area contributed by atoms with E-state index in [0.717, 1.165) is 62.6 Å². The van der Waals surface area contributed by atoms with Gasteiger partial charge in [0.05, 0.1) is 41.3 Å². The van der Waals surface area contributed by atoms with E-state index < -0.39 is 28.3 Å². The Balaban J connectivity index is 0.941. The molecule has 56 heavy (non-hydrogen) atoms. The maximum Gasteiger partial charge on any atom is 0.417 e. The van der Waals surface area contributed by atoms with E-state index in [4.69, 9.17) is 17.4 Å². The summed E-state index contributed by atoms with van der Waals surface area (Å²) in [6.07, 6.45) is 2.04. The number of thiol groups is 1. The molecule has 2 N–H and O–H groups in total. The summed E-state index contributed by atoms with van der Waals surface area (Å²) in [6, 6.07) is 12.6. The zero-order valence-electron chi connectivity index (χ0n) is 32.3. The molecule has 2 aromatic rings. The van der Waals surface area contributed by atoms with Crippen LogP contribution in [0.3, 0.4) is 0 Å². The second-order valence-electron chi connectivity index (χ2n) is 16.3. The highest BCUT2D eigenvalue weighted by molar-refractivity contribution is 7.81. The number of alkyl halides is 3. The van der Waals surface area contributed by atoms with Crippen molar-refractivity contribution in [3.05, 3.63) is 59.2 Å². The van der Waals surface area contributed by atoms with Gasteiger partial charge in [-0.2, -0.15) is 18.4 Å². The third kappa shape index (κ3) is 8.93. The van der Waals surface area contributed by atoms with Crippen LogP contribution in [-0.4, -0.2) is 81.8 Å². The number of nitriles is 1. The van der Waals surface area contributed by atoms with Crippen LogP contribution in [0.15, 0.2) is 42.5 Å². The Kier molecular flexibility index (Phi) is 12.5. The zero-order valence-corrected chi connectivity index (χ0v) is 33.2. The normalized spacial score (nSPS) is 28.9. The van der Waals surface area contributed by atoms with Crippen molar-refractivity contribution in [2.45, 2.75) is 133 Å². The van der Waals surface area contributed by atoms with Crippen molar-refractivity contribution >= 4 is 47.6 Å². The van der Waals surface area contributed by atoms with Gasteiger partial charge in [-0.05, 0) is 121 Å². The van der Waals surface area contributed by atoms with Gasteiger partial charge >= 0.3 is 6.18 Å². The van der Waals surface area contributed by atoms with E-state index >= 15 is 0 Å². The van der Waals surface area contributed by atoms with E-state index in [9.17, 15) is 37.6 Å². The van der Waals surface area contributed by atoms with Crippen molar-refractivity contribution in [3.63, 3.8) is 0 Å². The number of hydrogen-bond donors (Lipinski definition) is 3. The molecule has 11 nitrogen and oxygen atoms in total. The minimum absolute atomic E-state index is 0.0119. The van der Waals surface area contributed by atoms with Crippen LogP contribution in [0.25, 0.3) is 0 Å². The molecule has 2 aromatic carbocycles. The third-order valence-electron chi connectivity index (χ3n) is 12.1. The number of halogens is 3. The van der Waals surface area contributed by atoms with Gasteiger partial charge in [0.2, 0.25) is 23.6 Å². The molecule has 6 rings (SSSR count). The summed E-state index contributed by atoms with van der Waals surface area (Å²) in [5.41, 5.74) is -1.81. The lowest BCUT2D eigenvalue weighted by molar-refractivity contribution is -0.138. The lowest BCUT2D eigenvalue weighted by atomic mass is 9.85. The molecule has 1 aliphatic carbocycles. The maximum atomic E-state index is 13.7. The van der Waals surface area contributed by atoms with E-state index in [1.807, 2.05) is 17.0 Å². The Labute approximate surface area is 331 Å². The highest BCUT2D eigenvalue weighted by Gasteiger charge is 2.54. The molecule has 0 radical (unpaired) electrons. The first-order chi connectivity index (χ1) is 26.5. The largest absolute Gasteiger partial charge is 0.417 e. The molecule has 15 heteroatoms. The van der Waals surface area contributed by atoms with Crippen molar-refractivity contribution in [1.29, 1.82) is 5.26 Å². The maximum absolute atomic E-state index is 13.7.